The van der Waals surface area contributed by atoms with Crippen molar-refractivity contribution in [1.82, 2.24) is 15.1 Å². The quantitative estimate of drug-likeness (QED) is 0.308. The highest BCUT2D eigenvalue weighted by Crippen LogP contribution is 2.30. The Bertz CT molecular complexity index is 1440. The highest BCUT2D eigenvalue weighted by atomic mass is 35.5. The lowest BCUT2D eigenvalue weighted by molar-refractivity contribution is 0.0949. The maximum Gasteiger partial charge on any atom is 0.299 e. The van der Waals surface area contributed by atoms with Gasteiger partial charge in [0.15, 0.2) is 11.4 Å². The van der Waals surface area contributed by atoms with Gasteiger partial charge < -0.3 is 15.4 Å². The molecule has 0 aliphatic heterocycles. The van der Waals surface area contributed by atoms with E-state index in [0.717, 1.165) is 4.68 Å². The second-order valence-corrected chi connectivity index (χ2v) is 8.88. The Morgan fingerprint density at radius 3 is 2.56 bits per heavy atom. The average Bonchev–Trinajstić information content (AvgIpc) is 2.86. The van der Waals surface area contributed by atoms with Crippen molar-refractivity contribution in [2.75, 3.05) is 11.9 Å². The minimum absolute atomic E-state index is 0.0778. The summed E-state index contributed by atoms with van der Waals surface area (Å²) in [5, 5.41) is 10.6. The van der Waals surface area contributed by atoms with Crippen molar-refractivity contribution < 1.29 is 13.9 Å². The van der Waals surface area contributed by atoms with Crippen LogP contribution >= 0.6 is 11.6 Å². The van der Waals surface area contributed by atoms with Gasteiger partial charge in [-0.2, -0.15) is 9.78 Å². The number of carbonyl (C=O) groups excluding carboxylic acids is 1. The Hall–Kier alpha value is -4.17. The number of anilines is 2. The van der Waals surface area contributed by atoms with Gasteiger partial charge in [0.1, 0.15) is 11.6 Å². The van der Waals surface area contributed by atoms with Gasteiger partial charge in [0.2, 0.25) is 0 Å². The monoisotopic (exact) mass is 506 g/mol. The van der Waals surface area contributed by atoms with E-state index >= 15 is 0 Å². The molecule has 0 radical (unpaired) electrons. The van der Waals surface area contributed by atoms with Crippen LogP contribution in [-0.4, -0.2) is 22.2 Å². The first-order valence-corrected chi connectivity index (χ1v) is 11.6. The summed E-state index contributed by atoms with van der Waals surface area (Å²) < 4.78 is 20.5. The molecule has 0 aliphatic carbocycles. The largest absolute Gasteiger partial charge is 0.453 e. The first-order valence-electron chi connectivity index (χ1n) is 11.3. The van der Waals surface area contributed by atoms with Crippen LogP contribution in [0.3, 0.4) is 0 Å². The molecule has 0 saturated carbocycles. The van der Waals surface area contributed by atoms with E-state index in [0.29, 0.717) is 40.2 Å². The Labute approximate surface area is 212 Å². The van der Waals surface area contributed by atoms with Gasteiger partial charge in [-0.3, -0.25) is 9.59 Å². The van der Waals surface area contributed by atoms with Crippen molar-refractivity contribution in [3.8, 4) is 17.2 Å². The van der Waals surface area contributed by atoms with Crippen LogP contribution in [0.2, 0.25) is 5.02 Å². The minimum Gasteiger partial charge on any atom is -0.453 e. The summed E-state index contributed by atoms with van der Waals surface area (Å²) in [6.07, 6.45) is 1.38. The normalized spacial score (nSPS) is 10.8. The molecule has 36 heavy (non-hydrogen) atoms. The van der Waals surface area contributed by atoms with Crippen LogP contribution in [0.1, 0.15) is 24.2 Å². The van der Waals surface area contributed by atoms with Gasteiger partial charge in [-0.15, -0.1) is 0 Å². The van der Waals surface area contributed by atoms with E-state index < -0.39 is 11.4 Å². The van der Waals surface area contributed by atoms with Gasteiger partial charge in [-0.05, 0) is 66.6 Å². The van der Waals surface area contributed by atoms with E-state index in [1.807, 2.05) is 13.8 Å². The number of benzene rings is 3. The van der Waals surface area contributed by atoms with Gasteiger partial charge in [-0.25, -0.2) is 4.39 Å². The highest BCUT2D eigenvalue weighted by molar-refractivity contribution is 6.30. The van der Waals surface area contributed by atoms with Crippen molar-refractivity contribution in [2.45, 2.75) is 13.8 Å². The lowest BCUT2D eigenvalue weighted by Gasteiger charge is -2.15. The number of hydrogen-bond donors (Lipinski definition) is 2. The molecule has 4 aromatic rings. The standard InChI is InChI=1S/C27H24ClFN4O3/c1-17(2)15-30-26(34)18-5-3-7-21(13-18)32-25-24(36-23-8-4-6-19(28)14-23)16-31-33(27(25)35)22-11-9-20(29)10-12-22/h3-14,16-17,32H,15H2,1-2H3,(H,30,34). The van der Waals surface area contributed by atoms with E-state index in [2.05, 4.69) is 15.7 Å². The lowest BCUT2D eigenvalue weighted by Crippen LogP contribution is -2.27. The van der Waals surface area contributed by atoms with Crippen molar-refractivity contribution in [3.05, 3.63) is 106 Å². The maximum atomic E-state index is 13.5. The zero-order valence-corrected chi connectivity index (χ0v) is 20.4. The maximum absolute atomic E-state index is 13.5. The molecule has 1 heterocycles. The first-order chi connectivity index (χ1) is 17.3. The number of amides is 1. The summed E-state index contributed by atoms with van der Waals surface area (Å²) in [5.74, 6) is 0.214. The van der Waals surface area contributed by atoms with E-state index in [9.17, 15) is 14.0 Å². The summed E-state index contributed by atoms with van der Waals surface area (Å²) in [7, 11) is 0. The van der Waals surface area contributed by atoms with E-state index in [1.165, 1.54) is 30.5 Å². The topological polar surface area (TPSA) is 85.2 Å². The molecule has 7 nitrogen and oxygen atoms in total. The van der Waals surface area contributed by atoms with Crippen LogP contribution < -0.4 is 20.9 Å². The number of nitrogens with zero attached hydrogens (tertiary/aromatic N) is 2. The minimum atomic E-state index is -0.532. The molecular formula is C27H24ClFN4O3. The van der Waals surface area contributed by atoms with Crippen LogP contribution in [0.5, 0.6) is 11.5 Å². The Kier molecular flexibility index (Phi) is 7.65. The third-order valence-electron chi connectivity index (χ3n) is 5.10. The Balaban J connectivity index is 1.73. The van der Waals surface area contributed by atoms with Crippen molar-refractivity contribution in [3.63, 3.8) is 0 Å². The predicted molar refractivity (Wildman–Crippen MR) is 138 cm³/mol. The van der Waals surface area contributed by atoms with Crippen molar-refractivity contribution in [1.29, 1.82) is 0 Å². The van der Waals surface area contributed by atoms with Crippen LogP contribution in [0, 0.1) is 11.7 Å². The number of ether oxygens (including phenoxy) is 1. The molecule has 0 spiro atoms. The number of halogens is 2. The van der Waals surface area contributed by atoms with E-state index in [1.54, 1.807) is 48.5 Å². The van der Waals surface area contributed by atoms with Gasteiger partial charge in [0, 0.05) is 22.8 Å². The number of rotatable bonds is 8. The molecular weight excluding hydrogens is 483 g/mol. The lowest BCUT2D eigenvalue weighted by atomic mass is 10.1. The molecule has 9 heteroatoms. The van der Waals surface area contributed by atoms with E-state index in [4.69, 9.17) is 16.3 Å². The molecule has 0 atom stereocenters. The van der Waals surface area contributed by atoms with Crippen LogP contribution in [0.4, 0.5) is 15.8 Å². The number of nitrogens with one attached hydrogen (secondary N) is 2. The van der Waals surface area contributed by atoms with Crippen LogP contribution in [-0.2, 0) is 0 Å². The van der Waals surface area contributed by atoms with Crippen LogP contribution in [0.15, 0.2) is 83.8 Å². The molecule has 0 bridgehead atoms. The molecule has 0 saturated heterocycles. The molecule has 184 valence electrons. The molecule has 2 N–H and O–H groups in total. The second kappa shape index (κ2) is 11.0. The van der Waals surface area contributed by atoms with E-state index in [-0.39, 0.29) is 17.3 Å². The molecule has 0 fully saturated rings. The second-order valence-electron chi connectivity index (χ2n) is 8.45. The summed E-state index contributed by atoms with van der Waals surface area (Å²) in [6.45, 7) is 4.56. The third-order valence-corrected chi connectivity index (χ3v) is 5.34. The summed E-state index contributed by atoms with van der Waals surface area (Å²) in [5.41, 5.74) is 0.855. The zero-order valence-electron chi connectivity index (χ0n) is 19.7. The Morgan fingerprint density at radius 1 is 1.08 bits per heavy atom. The van der Waals surface area contributed by atoms with Gasteiger partial charge in [-0.1, -0.05) is 37.6 Å². The van der Waals surface area contributed by atoms with Crippen molar-refractivity contribution >= 4 is 28.9 Å². The fourth-order valence-corrected chi connectivity index (χ4v) is 3.52. The van der Waals surface area contributed by atoms with Gasteiger partial charge in [0.25, 0.3) is 11.5 Å². The number of hydrogen-bond acceptors (Lipinski definition) is 5. The summed E-state index contributed by atoms with van der Waals surface area (Å²) in [4.78, 5) is 26.0. The van der Waals surface area contributed by atoms with Crippen molar-refractivity contribution in [2.24, 2.45) is 5.92 Å². The number of carbonyl (C=O) groups is 1. The highest BCUT2D eigenvalue weighted by Gasteiger charge is 2.16. The molecule has 3 aromatic carbocycles. The molecule has 1 amide bonds. The molecule has 0 unspecified atom stereocenters. The summed E-state index contributed by atoms with van der Waals surface area (Å²) in [6, 6.07) is 18.9. The van der Waals surface area contributed by atoms with Crippen LogP contribution in [0.25, 0.3) is 5.69 Å². The first kappa shape index (κ1) is 24.9. The smallest absolute Gasteiger partial charge is 0.299 e. The fraction of sp³-hybridized carbons (Fsp3) is 0.148. The molecule has 1 aromatic heterocycles. The Morgan fingerprint density at radius 2 is 1.83 bits per heavy atom. The fourth-order valence-electron chi connectivity index (χ4n) is 3.34. The average molecular weight is 507 g/mol. The predicted octanol–water partition coefficient (Wildman–Crippen LogP) is 5.95. The summed E-state index contributed by atoms with van der Waals surface area (Å²) >= 11 is 6.08. The molecule has 4 rings (SSSR count). The third kappa shape index (κ3) is 6.09. The van der Waals surface area contributed by atoms with Gasteiger partial charge >= 0.3 is 0 Å². The van der Waals surface area contributed by atoms with Gasteiger partial charge in [0.05, 0.1) is 11.9 Å². The zero-order chi connectivity index (χ0) is 25.7. The number of aromatic nitrogens is 2. The molecule has 0 aliphatic rings. The SMILES string of the molecule is CC(C)CNC(=O)c1cccc(Nc2c(Oc3cccc(Cl)c3)cnn(-c3ccc(F)cc3)c2=O)c1.